The van der Waals surface area contributed by atoms with Gasteiger partial charge in [-0.3, -0.25) is 19.2 Å². The van der Waals surface area contributed by atoms with Crippen LogP contribution in [0.2, 0.25) is 0 Å². The SMILES string of the molecule is CCC1CCC(C2CC=C(c3cnc(-c4ccc(C[C@H](N)C(=O)N5CC(C(=O)OC(C)(C)C)C5)cc4)nc3)CC2)CC1.CCC1CCC(C2CC=C(c3cnc(-c4ccc(C[C@H](NC(=O)OCc5ccccc5)C(=O)N5CC(C(=O)OC(C)(C)C)C5)cc4)nc3)CC2)CC1. The van der Waals surface area contributed by atoms with Crippen LogP contribution in [0.3, 0.4) is 0 Å². The molecule has 502 valence electrons. The first-order chi connectivity index (χ1) is 45.1. The highest BCUT2D eigenvalue weighted by atomic mass is 16.6. The molecule has 2 saturated carbocycles. The number of carbonyl (C=O) groups excluding carboxylic acids is 5. The highest BCUT2D eigenvalue weighted by molar-refractivity contribution is 5.89. The fraction of sp³-hybridized carbons (Fsp3) is 0.551. The second kappa shape index (κ2) is 31.8. The third kappa shape index (κ3) is 19.1. The Morgan fingerprint density at radius 3 is 1.32 bits per heavy atom. The number of ether oxygens (including phenoxy) is 3. The monoisotopic (exact) mass is 1280 g/mol. The normalized spacial score (nSPS) is 22.5. The van der Waals surface area contributed by atoms with Crippen LogP contribution in [0.5, 0.6) is 0 Å². The Morgan fingerprint density at radius 2 is 0.926 bits per heavy atom. The largest absolute Gasteiger partial charge is 0.460 e. The van der Waals surface area contributed by atoms with Crippen molar-refractivity contribution in [3.8, 4) is 22.8 Å². The molecule has 4 atom stereocenters. The van der Waals surface area contributed by atoms with Crippen LogP contribution in [-0.4, -0.2) is 109 Å². The lowest BCUT2D eigenvalue weighted by Crippen LogP contribution is -2.59. The zero-order chi connectivity index (χ0) is 66.5. The van der Waals surface area contributed by atoms with Gasteiger partial charge >= 0.3 is 18.0 Å². The van der Waals surface area contributed by atoms with Crippen molar-refractivity contribution in [1.29, 1.82) is 0 Å². The topological polar surface area (TPSA) is 209 Å². The average molecular weight is 1280 g/mol. The van der Waals surface area contributed by atoms with Gasteiger partial charge < -0.3 is 35.1 Å². The molecule has 16 nitrogen and oxygen atoms in total. The molecular weight excluding hydrogens is 1180 g/mol. The first-order valence-electron chi connectivity index (χ1n) is 35.1. The summed E-state index contributed by atoms with van der Waals surface area (Å²) in [5.74, 6) is 5.04. The van der Waals surface area contributed by atoms with E-state index in [1.54, 1.807) is 9.80 Å². The Kier molecular flexibility index (Phi) is 23.4. The lowest BCUT2D eigenvalue weighted by atomic mass is 9.71. The smallest absolute Gasteiger partial charge is 0.408 e. The predicted molar refractivity (Wildman–Crippen MR) is 368 cm³/mol. The Hall–Kier alpha value is -7.59. The summed E-state index contributed by atoms with van der Waals surface area (Å²) in [6, 6.07) is 23.5. The molecule has 6 aliphatic rings. The number of aromatic nitrogens is 4. The van der Waals surface area contributed by atoms with E-state index in [1.165, 1.54) is 94.6 Å². The lowest BCUT2D eigenvalue weighted by molar-refractivity contribution is -0.169. The number of allylic oxidation sites excluding steroid dienone is 4. The summed E-state index contributed by atoms with van der Waals surface area (Å²) in [6.45, 7) is 17.0. The number of hydrogen-bond acceptors (Lipinski definition) is 13. The van der Waals surface area contributed by atoms with E-state index in [0.717, 1.165) is 93.7 Å². The third-order valence-corrected chi connectivity index (χ3v) is 20.5. The van der Waals surface area contributed by atoms with Gasteiger partial charge in [-0.2, -0.15) is 0 Å². The van der Waals surface area contributed by atoms with E-state index >= 15 is 0 Å². The van der Waals surface area contributed by atoms with E-state index in [9.17, 15) is 24.0 Å². The maximum atomic E-state index is 13.6. The molecule has 3 aromatic carbocycles. The summed E-state index contributed by atoms with van der Waals surface area (Å²) in [5, 5.41) is 2.78. The number of esters is 2. The number of amides is 3. The fourth-order valence-corrected chi connectivity index (χ4v) is 14.6. The maximum absolute atomic E-state index is 13.6. The second-order valence-electron chi connectivity index (χ2n) is 29.6. The number of likely N-dealkylation sites (tertiary alicyclic amines) is 2. The summed E-state index contributed by atoms with van der Waals surface area (Å²) in [6.07, 6.45) is 33.7. The molecule has 4 fully saturated rings. The Bertz CT molecular complexity index is 3390. The van der Waals surface area contributed by atoms with Crippen molar-refractivity contribution in [2.45, 2.75) is 201 Å². The van der Waals surface area contributed by atoms with E-state index in [4.69, 9.17) is 29.9 Å². The highest BCUT2D eigenvalue weighted by Crippen LogP contribution is 2.44. The molecule has 2 saturated heterocycles. The van der Waals surface area contributed by atoms with Gasteiger partial charge in [-0.15, -0.1) is 0 Å². The van der Waals surface area contributed by atoms with Crippen LogP contribution in [0, 0.1) is 47.3 Å². The zero-order valence-electron chi connectivity index (χ0n) is 57.0. The minimum Gasteiger partial charge on any atom is -0.460 e. The number of nitrogens with one attached hydrogen (secondary N) is 1. The number of carbonyl (C=O) groups is 5. The number of benzene rings is 3. The van der Waals surface area contributed by atoms with Crippen molar-refractivity contribution in [2.75, 3.05) is 26.2 Å². The summed E-state index contributed by atoms with van der Waals surface area (Å²) in [5.41, 5.74) is 14.6. The summed E-state index contributed by atoms with van der Waals surface area (Å²) >= 11 is 0. The summed E-state index contributed by atoms with van der Waals surface area (Å²) in [7, 11) is 0. The Balaban J connectivity index is 0.000000210. The van der Waals surface area contributed by atoms with Gasteiger partial charge in [-0.1, -0.05) is 143 Å². The van der Waals surface area contributed by atoms with Crippen LogP contribution in [0.1, 0.15) is 186 Å². The molecule has 0 radical (unpaired) electrons. The molecule has 0 bridgehead atoms. The van der Waals surface area contributed by atoms with Crippen molar-refractivity contribution in [3.63, 3.8) is 0 Å². The van der Waals surface area contributed by atoms with E-state index in [0.29, 0.717) is 31.2 Å². The van der Waals surface area contributed by atoms with Gasteiger partial charge in [0.1, 0.15) is 23.9 Å². The van der Waals surface area contributed by atoms with Gasteiger partial charge in [0.05, 0.1) is 17.9 Å². The molecule has 4 aliphatic carbocycles. The van der Waals surface area contributed by atoms with Crippen molar-refractivity contribution in [2.24, 2.45) is 53.1 Å². The zero-order valence-corrected chi connectivity index (χ0v) is 57.0. The van der Waals surface area contributed by atoms with Gasteiger partial charge in [0.2, 0.25) is 11.8 Å². The van der Waals surface area contributed by atoms with Crippen molar-refractivity contribution < 1.29 is 38.2 Å². The number of nitrogens with two attached hydrogens (primary N) is 1. The molecule has 2 unspecified atom stereocenters. The molecule has 16 heteroatoms. The number of rotatable bonds is 19. The van der Waals surface area contributed by atoms with Gasteiger partial charge in [0.25, 0.3) is 0 Å². The third-order valence-electron chi connectivity index (χ3n) is 20.5. The molecule has 3 N–H and O–H groups in total. The number of nitrogens with zero attached hydrogens (tertiary/aromatic N) is 6. The van der Waals surface area contributed by atoms with E-state index in [1.807, 2.05) is 145 Å². The van der Waals surface area contributed by atoms with Crippen LogP contribution < -0.4 is 11.1 Å². The number of alkyl carbamates (subject to hydrolysis) is 1. The van der Waals surface area contributed by atoms with Gasteiger partial charge in [0.15, 0.2) is 11.6 Å². The minimum atomic E-state index is -0.876. The fourth-order valence-electron chi connectivity index (χ4n) is 14.6. The Morgan fingerprint density at radius 1 is 0.511 bits per heavy atom. The van der Waals surface area contributed by atoms with E-state index in [-0.39, 0.29) is 61.7 Å². The van der Waals surface area contributed by atoms with Crippen LogP contribution in [0.25, 0.3) is 33.9 Å². The van der Waals surface area contributed by atoms with Crippen molar-refractivity contribution in [1.82, 2.24) is 35.1 Å². The lowest BCUT2D eigenvalue weighted by Gasteiger charge is -2.40. The van der Waals surface area contributed by atoms with E-state index in [2.05, 4.69) is 41.3 Å². The first kappa shape index (κ1) is 69.2. The molecule has 11 rings (SSSR count). The molecule has 2 aromatic heterocycles. The van der Waals surface area contributed by atoms with Gasteiger partial charge in [0, 0.05) is 79.6 Å². The first-order valence-corrected chi connectivity index (χ1v) is 35.1. The minimum absolute atomic E-state index is 0.0866. The predicted octanol–water partition coefficient (Wildman–Crippen LogP) is 14.4. The van der Waals surface area contributed by atoms with Crippen molar-refractivity contribution >= 4 is 41.0 Å². The second-order valence-corrected chi connectivity index (χ2v) is 29.6. The molecule has 0 spiro atoms. The summed E-state index contributed by atoms with van der Waals surface area (Å²) in [4.78, 5) is 86.0. The quantitative estimate of drug-likeness (QED) is 0.0583. The standard InChI is InChI=1S/C43H54N4O5.C35H48N4O3/c1-5-29-11-15-32(16-12-29)33-19-21-34(22-20-33)36-24-44-39(45-25-36)35-17-13-30(14-18-35)23-38(46-42(50)51-28-31-9-7-6-8-10-31)40(48)47-26-37(27-47)41(49)52-43(2,3)4;1-5-23-6-10-25(11-7-23)26-14-16-27(17-15-26)29-19-37-32(38-20-29)28-12-8-24(9-13-28)18-31(36)33(40)39-21-30(22-39)34(41)42-35(2,3)4/h6-10,13-14,17-18,21,24-25,29,32-33,37-38H,5,11-12,15-16,19-20,22-23,26-28H2,1-4H3,(H,46,50);8-9,12-13,16,19-20,23,25-26,30-31H,5-7,10-11,14-15,17-18,21-22,36H2,1-4H3/t29?,32?,33?,38-;23?,25?,26?,31-/m00/s1. The molecule has 3 amide bonds. The molecule has 2 aliphatic heterocycles. The van der Waals surface area contributed by atoms with Gasteiger partial charge in [-0.25, -0.2) is 24.7 Å². The van der Waals surface area contributed by atoms with E-state index < -0.39 is 29.4 Å². The highest BCUT2D eigenvalue weighted by Gasteiger charge is 2.42. The van der Waals surface area contributed by atoms with Crippen LogP contribution in [-0.2, 0) is 52.8 Å². The average Bonchev–Trinajstić information content (AvgIpc) is 0.838. The van der Waals surface area contributed by atoms with Crippen LogP contribution >= 0.6 is 0 Å². The molecule has 4 heterocycles. The number of hydrogen-bond donors (Lipinski definition) is 2. The molecule has 5 aromatic rings. The molecular formula is C78H102N8O8. The molecule has 94 heavy (non-hydrogen) atoms. The van der Waals surface area contributed by atoms with Crippen LogP contribution in [0.4, 0.5) is 4.79 Å². The van der Waals surface area contributed by atoms with Gasteiger partial charge in [-0.05, 0) is 176 Å². The summed E-state index contributed by atoms with van der Waals surface area (Å²) < 4.78 is 16.4. The van der Waals surface area contributed by atoms with Crippen LogP contribution in [0.15, 0.2) is 116 Å². The Labute approximate surface area is 558 Å². The maximum Gasteiger partial charge on any atom is 0.408 e. The van der Waals surface area contributed by atoms with Crippen molar-refractivity contribution in [3.05, 3.63) is 144 Å².